The molecular formula is C29H27NO6. The second kappa shape index (κ2) is 11.8. The maximum atomic E-state index is 12.3. The first-order valence-corrected chi connectivity index (χ1v) is 11.4. The van der Waals surface area contributed by atoms with E-state index in [4.69, 9.17) is 23.7 Å². The van der Waals surface area contributed by atoms with E-state index in [-0.39, 0.29) is 11.6 Å². The average molecular weight is 486 g/mol. The van der Waals surface area contributed by atoms with Crippen LogP contribution in [0, 0.1) is 0 Å². The highest BCUT2D eigenvalue weighted by Gasteiger charge is 2.24. The van der Waals surface area contributed by atoms with Gasteiger partial charge in [0.2, 0.25) is 5.90 Å². The smallest absolute Gasteiger partial charge is 0.363 e. The van der Waals surface area contributed by atoms with Gasteiger partial charge < -0.3 is 23.7 Å². The van der Waals surface area contributed by atoms with Crippen molar-refractivity contribution < 1.29 is 28.5 Å². The van der Waals surface area contributed by atoms with Gasteiger partial charge in [0.05, 0.1) is 14.2 Å². The van der Waals surface area contributed by atoms with Crippen molar-refractivity contribution >= 4 is 17.9 Å². The first kappa shape index (κ1) is 24.6. The molecule has 0 aromatic heterocycles. The van der Waals surface area contributed by atoms with E-state index in [1.807, 2.05) is 60.7 Å². The van der Waals surface area contributed by atoms with Crippen LogP contribution in [-0.4, -0.2) is 39.3 Å². The van der Waals surface area contributed by atoms with Crippen molar-refractivity contribution in [1.29, 1.82) is 0 Å². The summed E-state index contributed by atoms with van der Waals surface area (Å²) in [6, 6.07) is 20.4. The zero-order chi connectivity index (χ0) is 25.3. The molecule has 0 spiro atoms. The van der Waals surface area contributed by atoms with Crippen LogP contribution in [0.3, 0.4) is 0 Å². The number of nitrogens with zero attached hydrogens (tertiary/aromatic N) is 1. The number of hydrogen-bond acceptors (Lipinski definition) is 7. The fourth-order valence-corrected chi connectivity index (χ4v) is 3.59. The van der Waals surface area contributed by atoms with Crippen molar-refractivity contribution in [2.24, 2.45) is 4.99 Å². The summed E-state index contributed by atoms with van der Waals surface area (Å²) in [7, 11) is 3.16. The van der Waals surface area contributed by atoms with Gasteiger partial charge in [-0.05, 0) is 60.0 Å². The van der Waals surface area contributed by atoms with Crippen molar-refractivity contribution in [1.82, 2.24) is 0 Å². The quantitative estimate of drug-likeness (QED) is 0.160. The predicted molar refractivity (Wildman–Crippen MR) is 138 cm³/mol. The van der Waals surface area contributed by atoms with E-state index in [0.29, 0.717) is 36.2 Å². The molecule has 3 aromatic rings. The van der Waals surface area contributed by atoms with Crippen LogP contribution in [0.4, 0.5) is 0 Å². The third-order valence-electron chi connectivity index (χ3n) is 5.34. The van der Waals surface area contributed by atoms with Gasteiger partial charge >= 0.3 is 5.97 Å². The van der Waals surface area contributed by atoms with Crippen LogP contribution in [0.5, 0.6) is 23.0 Å². The molecule has 36 heavy (non-hydrogen) atoms. The lowest BCUT2D eigenvalue weighted by Gasteiger charge is -2.14. The minimum Gasteiger partial charge on any atom is -0.493 e. The summed E-state index contributed by atoms with van der Waals surface area (Å²) >= 11 is 0. The Morgan fingerprint density at radius 2 is 1.53 bits per heavy atom. The van der Waals surface area contributed by atoms with Gasteiger partial charge in [-0.15, -0.1) is 6.58 Å². The van der Waals surface area contributed by atoms with Gasteiger partial charge in [0.1, 0.15) is 13.2 Å². The van der Waals surface area contributed by atoms with Crippen LogP contribution < -0.4 is 18.9 Å². The summed E-state index contributed by atoms with van der Waals surface area (Å²) in [5.74, 6) is 2.16. The summed E-state index contributed by atoms with van der Waals surface area (Å²) in [5, 5.41) is 0. The molecule has 0 amide bonds. The van der Waals surface area contributed by atoms with Gasteiger partial charge in [-0.2, -0.15) is 0 Å². The van der Waals surface area contributed by atoms with E-state index in [9.17, 15) is 4.79 Å². The van der Waals surface area contributed by atoms with Gasteiger partial charge in [-0.1, -0.05) is 36.4 Å². The van der Waals surface area contributed by atoms with Gasteiger partial charge in [-0.3, -0.25) is 0 Å². The Morgan fingerprint density at radius 1 is 0.861 bits per heavy atom. The van der Waals surface area contributed by atoms with E-state index >= 15 is 0 Å². The van der Waals surface area contributed by atoms with Crippen LogP contribution in [0.15, 0.2) is 90.1 Å². The molecule has 7 nitrogen and oxygen atoms in total. The molecule has 184 valence electrons. The second-order valence-electron chi connectivity index (χ2n) is 7.79. The van der Waals surface area contributed by atoms with E-state index in [1.165, 1.54) is 0 Å². The summed E-state index contributed by atoms with van der Waals surface area (Å²) < 4.78 is 27.9. The number of carbonyl (C=O) groups is 1. The molecule has 0 atom stereocenters. The zero-order valence-electron chi connectivity index (χ0n) is 20.2. The average Bonchev–Trinajstić information content (AvgIpc) is 3.28. The molecule has 7 heteroatoms. The minimum absolute atomic E-state index is 0.214. The first-order chi connectivity index (χ1) is 17.6. The van der Waals surface area contributed by atoms with Gasteiger partial charge in [0, 0.05) is 5.56 Å². The molecule has 0 saturated carbocycles. The molecule has 0 fully saturated rings. The first-order valence-electron chi connectivity index (χ1n) is 11.4. The molecule has 1 aliphatic heterocycles. The summed E-state index contributed by atoms with van der Waals surface area (Å²) in [5.41, 5.74) is 2.78. The number of aliphatic imine (C=N–C) groups is 1. The van der Waals surface area contributed by atoms with E-state index in [0.717, 1.165) is 23.1 Å². The Kier molecular flexibility index (Phi) is 8.03. The number of hydrogen-bond donors (Lipinski definition) is 0. The maximum absolute atomic E-state index is 12.3. The SMILES string of the molecule is C=CCc1ccc(OCCOc2ccc(/C=C3\N=C(c4ccccc4)OC3=O)cc2OC)c(OC)c1. The Balaban J connectivity index is 1.39. The van der Waals surface area contributed by atoms with Gasteiger partial charge in [0.15, 0.2) is 28.7 Å². The standard InChI is InChI=1S/C29H27NO6/c1-4-8-20-11-13-24(26(18-20)32-2)34-15-16-35-25-14-12-21(19-27(25)33-3)17-23-29(31)36-28(30-23)22-9-6-5-7-10-22/h4-7,9-14,17-19H,1,8,15-16H2,2-3H3/b23-17-. The molecule has 0 radical (unpaired) electrons. The van der Waals surface area contributed by atoms with Crippen molar-refractivity contribution in [3.8, 4) is 23.0 Å². The van der Waals surface area contributed by atoms with Crippen LogP contribution in [0.1, 0.15) is 16.7 Å². The van der Waals surface area contributed by atoms with Gasteiger partial charge in [-0.25, -0.2) is 9.79 Å². The molecule has 0 aliphatic carbocycles. The lowest BCUT2D eigenvalue weighted by molar-refractivity contribution is -0.129. The molecule has 1 aliphatic rings. The number of benzene rings is 3. The lowest BCUT2D eigenvalue weighted by atomic mass is 10.1. The molecule has 4 rings (SSSR count). The number of cyclic esters (lactones) is 1. The minimum atomic E-state index is -0.502. The van der Waals surface area contributed by atoms with E-state index in [1.54, 1.807) is 32.4 Å². The van der Waals surface area contributed by atoms with Crippen molar-refractivity contribution in [3.05, 3.63) is 102 Å². The number of methoxy groups -OCH3 is 2. The molecule has 0 unspecified atom stereocenters. The summed E-state index contributed by atoms with van der Waals surface area (Å²) in [4.78, 5) is 16.6. The Morgan fingerprint density at radius 3 is 2.19 bits per heavy atom. The number of ether oxygens (including phenoxy) is 5. The fourth-order valence-electron chi connectivity index (χ4n) is 3.59. The number of rotatable bonds is 11. The monoisotopic (exact) mass is 485 g/mol. The van der Waals surface area contributed by atoms with E-state index < -0.39 is 5.97 Å². The molecule has 0 saturated heterocycles. The summed E-state index contributed by atoms with van der Waals surface area (Å²) in [6.45, 7) is 4.37. The predicted octanol–water partition coefficient (Wildman–Crippen LogP) is 5.23. The lowest BCUT2D eigenvalue weighted by Crippen LogP contribution is -2.10. The van der Waals surface area contributed by atoms with Crippen molar-refractivity contribution in [2.45, 2.75) is 6.42 Å². The van der Waals surface area contributed by atoms with Crippen LogP contribution in [0.25, 0.3) is 6.08 Å². The third-order valence-corrected chi connectivity index (χ3v) is 5.34. The topological polar surface area (TPSA) is 75.6 Å². The highest BCUT2D eigenvalue weighted by atomic mass is 16.6. The number of allylic oxidation sites excluding steroid dienone is 1. The third kappa shape index (κ3) is 5.93. The fraction of sp³-hybridized carbons (Fsp3) is 0.172. The molecule has 1 heterocycles. The molecular weight excluding hydrogens is 458 g/mol. The molecule has 3 aromatic carbocycles. The van der Waals surface area contributed by atoms with Crippen molar-refractivity contribution in [3.63, 3.8) is 0 Å². The zero-order valence-corrected chi connectivity index (χ0v) is 20.2. The van der Waals surface area contributed by atoms with E-state index in [2.05, 4.69) is 11.6 Å². The highest BCUT2D eigenvalue weighted by Crippen LogP contribution is 2.31. The second-order valence-corrected chi connectivity index (χ2v) is 7.79. The van der Waals surface area contributed by atoms with Crippen LogP contribution in [-0.2, 0) is 16.0 Å². The highest BCUT2D eigenvalue weighted by molar-refractivity contribution is 6.12. The Labute approximate surface area is 210 Å². The number of carbonyl (C=O) groups excluding carboxylic acids is 1. The molecule has 0 bridgehead atoms. The van der Waals surface area contributed by atoms with Crippen molar-refractivity contribution in [2.75, 3.05) is 27.4 Å². The largest absolute Gasteiger partial charge is 0.493 e. The number of esters is 1. The van der Waals surface area contributed by atoms with Crippen LogP contribution in [0.2, 0.25) is 0 Å². The van der Waals surface area contributed by atoms with Gasteiger partial charge in [0.25, 0.3) is 0 Å². The Bertz CT molecular complexity index is 1300. The summed E-state index contributed by atoms with van der Waals surface area (Å²) in [6.07, 6.45) is 4.25. The molecule has 0 N–H and O–H groups in total. The Hall–Kier alpha value is -4.52. The maximum Gasteiger partial charge on any atom is 0.363 e. The normalized spacial score (nSPS) is 13.7. The van der Waals surface area contributed by atoms with Crippen LogP contribution >= 0.6 is 0 Å².